The Hall–Kier alpha value is -3.02. The Kier molecular flexibility index (Phi) is 6.10. The maximum Gasteiger partial charge on any atom is 0.239 e. The molecule has 0 spiro atoms. The van der Waals surface area contributed by atoms with Crippen LogP contribution in [-0.4, -0.2) is 26.0 Å². The van der Waals surface area contributed by atoms with Crippen LogP contribution < -0.4 is 20.1 Å². The number of amides is 2. The average Bonchev–Trinajstić information content (AvgIpc) is 2.65. The topological polar surface area (TPSA) is 76.7 Å². The first-order chi connectivity index (χ1) is 12.7. The fourth-order valence-electron chi connectivity index (χ4n) is 2.46. The van der Waals surface area contributed by atoms with Gasteiger partial charge in [-0.1, -0.05) is 12.1 Å². The average molecular weight is 370 g/mol. The summed E-state index contributed by atoms with van der Waals surface area (Å²) in [5.41, 5.74) is 1.87. The third kappa shape index (κ3) is 4.39. The van der Waals surface area contributed by atoms with E-state index in [0.29, 0.717) is 22.9 Å². The number of carbonyl (C=O) groups excluding carboxylic acids is 2. The quantitative estimate of drug-likeness (QED) is 0.756. The predicted molar refractivity (Wildman–Crippen MR) is 107 cm³/mol. The number of hydrogen-bond acceptors (Lipinski definition) is 4. The van der Waals surface area contributed by atoms with Gasteiger partial charge in [0.05, 0.1) is 19.9 Å². The normalized spacial score (nSPS) is 10.9. The summed E-state index contributed by atoms with van der Waals surface area (Å²) in [6, 6.07) is 10.7. The van der Waals surface area contributed by atoms with E-state index in [0.717, 1.165) is 11.1 Å². The molecule has 2 N–H and O–H groups in total. The zero-order chi connectivity index (χ0) is 20.2. The number of ether oxygens (including phenoxy) is 2. The van der Waals surface area contributed by atoms with Crippen molar-refractivity contribution >= 4 is 23.2 Å². The maximum absolute atomic E-state index is 12.8. The lowest BCUT2D eigenvalue weighted by atomic mass is 9.90. The van der Waals surface area contributed by atoms with Crippen molar-refractivity contribution in [2.75, 3.05) is 24.9 Å². The van der Waals surface area contributed by atoms with Gasteiger partial charge in [0.25, 0.3) is 0 Å². The van der Waals surface area contributed by atoms with Crippen LogP contribution in [0.2, 0.25) is 0 Å². The van der Waals surface area contributed by atoms with Crippen LogP contribution in [0, 0.1) is 19.3 Å². The number of hydrogen-bond donors (Lipinski definition) is 2. The monoisotopic (exact) mass is 370 g/mol. The summed E-state index contributed by atoms with van der Waals surface area (Å²) >= 11 is 0. The Morgan fingerprint density at radius 2 is 1.52 bits per heavy atom. The Bertz CT molecular complexity index is 859. The van der Waals surface area contributed by atoms with E-state index in [-0.39, 0.29) is 0 Å². The summed E-state index contributed by atoms with van der Waals surface area (Å²) in [7, 11) is 3.05. The number of carbonyl (C=O) groups is 2. The summed E-state index contributed by atoms with van der Waals surface area (Å²) < 4.78 is 10.5. The number of nitrogens with one attached hydrogen (secondary N) is 2. The molecule has 2 amide bonds. The zero-order valence-electron chi connectivity index (χ0n) is 16.6. The SMILES string of the molecule is COc1ccc(OC)c(NC(=O)C(C)(C)C(=O)Nc2cccc(C)c2C)c1. The highest BCUT2D eigenvalue weighted by Gasteiger charge is 2.36. The van der Waals surface area contributed by atoms with E-state index < -0.39 is 17.2 Å². The van der Waals surface area contributed by atoms with Gasteiger partial charge in [-0.25, -0.2) is 0 Å². The van der Waals surface area contributed by atoms with Gasteiger partial charge in [0, 0.05) is 11.8 Å². The van der Waals surface area contributed by atoms with E-state index in [9.17, 15) is 9.59 Å². The number of anilines is 2. The fraction of sp³-hybridized carbons (Fsp3) is 0.333. The second-order valence-electron chi connectivity index (χ2n) is 6.85. The van der Waals surface area contributed by atoms with Crippen molar-refractivity contribution in [1.82, 2.24) is 0 Å². The zero-order valence-corrected chi connectivity index (χ0v) is 16.6. The van der Waals surface area contributed by atoms with E-state index in [1.807, 2.05) is 32.0 Å². The summed E-state index contributed by atoms with van der Waals surface area (Å²) in [6.45, 7) is 7.06. The molecule has 0 bridgehead atoms. The Balaban J connectivity index is 2.21. The molecule has 27 heavy (non-hydrogen) atoms. The minimum atomic E-state index is -1.30. The van der Waals surface area contributed by atoms with Crippen LogP contribution in [0.1, 0.15) is 25.0 Å². The first-order valence-corrected chi connectivity index (χ1v) is 8.62. The highest BCUT2D eigenvalue weighted by atomic mass is 16.5. The molecule has 0 atom stereocenters. The van der Waals surface area contributed by atoms with Crippen LogP contribution in [-0.2, 0) is 9.59 Å². The lowest BCUT2D eigenvalue weighted by Crippen LogP contribution is -2.41. The predicted octanol–water partition coefficient (Wildman–Crippen LogP) is 3.92. The van der Waals surface area contributed by atoms with E-state index >= 15 is 0 Å². The molecule has 0 unspecified atom stereocenters. The minimum absolute atomic E-state index is 0.393. The molecule has 0 fully saturated rings. The highest BCUT2D eigenvalue weighted by Crippen LogP contribution is 2.31. The molecule has 0 aliphatic rings. The van der Waals surface area contributed by atoms with E-state index in [1.54, 1.807) is 32.0 Å². The van der Waals surface area contributed by atoms with Crippen LogP contribution in [0.3, 0.4) is 0 Å². The van der Waals surface area contributed by atoms with Gasteiger partial charge < -0.3 is 20.1 Å². The number of aryl methyl sites for hydroxylation is 1. The molecule has 0 radical (unpaired) electrons. The molecule has 0 aliphatic heterocycles. The molecule has 2 aromatic carbocycles. The van der Waals surface area contributed by atoms with E-state index in [1.165, 1.54) is 14.2 Å². The van der Waals surface area contributed by atoms with Crippen molar-refractivity contribution in [3.05, 3.63) is 47.5 Å². The van der Waals surface area contributed by atoms with Gasteiger partial charge in [-0.3, -0.25) is 9.59 Å². The fourth-order valence-corrected chi connectivity index (χ4v) is 2.46. The molecule has 2 rings (SSSR count). The van der Waals surface area contributed by atoms with Crippen LogP contribution >= 0.6 is 0 Å². The molecule has 144 valence electrons. The van der Waals surface area contributed by atoms with Crippen LogP contribution in [0.4, 0.5) is 11.4 Å². The van der Waals surface area contributed by atoms with Crippen molar-refractivity contribution in [3.63, 3.8) is 0 Å². The first kappa shape index (κ1) is 20.3. The molecule has 0 aromatic heterocycles. The van der Waals surface area contributed by atoms with Crippen molar-refractivity contribution in [3.8, 4) is 11.5 Å². The van der Waals surface area contributed by atoms with Gasteiger partial charge in [-0.05, 0) is 57.0 Å². The first-order valence-electron chi connectivity index (χ1n) is 8.62. The largest absolute Gasteiger partial charge is 0.497 e. The summed E-state index contributed by atoms with van der Waals surface area (Å²) in [4.78, 5) is 25.6. The van der Waals surface area contributed by atoms with Crippen molar-refractivity contribution in [2.24, 2.45) is 5.41 Å². The van der Waals surface area contributed by atoms with Gasteiger partial charge in [-0.2, -0.15) is 0 Å². The summed E-state index contributed by atoms with van der Waals surface area (Å²) in [5.74, 6) is 0.214. The van der Waals surface area contributed by atoms with Gasteiger partial charge in [-0.15, -0.1) is 0 Å². The smallest absolute Gasteiger partial charge is 0.239 e. The molecule has 6 heteroatoms. The van der Waals surface area contributed by atoms with Crippen molar-refractivity contribution in [2.45, 2.75) is 27.7 Å². The second kappa shape index (κ2) is 8.12. The number of rotatable bonds is 6. The van der Waals surface area contributed by atoms with Gasteiger partial charge in [0.15, 0.2) is 0 Å². The molecular formula is C21H26N2O4. The molecule has 0 heterocycles. The van der Waals surface area contributed by atoms with E-state index in [4.69, 9.17) is 9.47 Å². The lowest BCUT2D eigenvalue weighted by Gasteiger charge is -2.24. The van der Waals surface area contributed by atoms with Crippen molar-refractivity contribution in [1.29, 1.82) is 0 Å². The van der Waals surface area contributed by atoms with Crippen LogP contribution in [0.5, 0.6) is 11.5 Å². The molecular weight excluding hydrogens is 344 g/mol. The lowest BCUT2D eigenvalue weighted by molar-refractivity contribution is -0.135. The van der Waals surface area contributed by atoms with Crippen LogP contribution in [0.25, 0.3) is 0 Å². The minimum Gasteiger partial charge on any atom is -0.497 e. The molecule has 6 nitrogen and oxygen atoms in total. The van der Waals surface area contributed by atoms with Crippen molar-refractivity contribution < 1.29 is 19.1 Å². The number of benzene rings is 2. The molecule has 2 aromatic rings. The third-order valence-corrected chi connectivity index (χ3v) is 4.64. The highest BCUT2D eigenvalue weighted by molar-refractivity contribution is 6.14. The van der Waals surface area contributed by atoms with Gasteiger partial charge >= 0.3 is 0 Å². The Morgan fingerprint density at radius 3 is 2.11 bits per heavy atom. The standard InChI is InChI=1S/C21H26N2O4/c1-13-8-7-9-16(14(13)2)22-19(24)21(3,4)20(25)23-17-12-15(26-5)10-11-18(17)27-6/h7-12H,1-6H3,(H,22,24)(H,23,25). The Morgan fingerprint density at radius 1 is 0.889 bits per heavy atom. The second-order valence-corrected chi connectivity index (χ2v) is 6.85. The third-order valence-electron chi connectivity index (χ3n) is 4.64. The summed E-state index contributed by atoms with van der Waals surface area (Å²) in [5, 5.41) is 5.62. The van der Waals surface area contributed by atoms with Gasteiger partial charge in [0.2, 0.25) is 11.8 Å². The van der Waals surface area contributed by atoms with Crippen LogP contribution in [0.15, 0.2) is 36.4 Å². The summed E-state index contributed by atoms with van der Waals surface area (Å²) in [6.07, 6.45) is 0. The molecule has 0 saturated carbocycles. The maximum atomic E-state index is 12.8. The number of methoxy groups -OCH3 is 2. The molecule has 0 saturated heterocycles. The Labute approximate surface area is 159 Å². The van der Waals surface area contributed by atoms with E-state index in [2.05, 4.69) is 10.6 Å². The van der Waals surface area contributed by atoms with Gasteiger partial charge in [0.1, 0.15) is 16.9 Å². The molecule has 0 aliphatic carbocycles.